The fraction of sp³-hybridized carbons (Fsp3) is 0.462. The number of aryl methyl sites for hydroxylation is 4. The second-order valence-electron chi connectivity index (χ2n) is 4.40. The first kappa shape index (κ1) is 11.0. The molecular formula is C13H18N2O. The van der Waals surface area contributed by atoms with Gasteiger partial charge in [0, 0.05) is 17.0 Å². The van der Waals surface area contributed by atoms with E-state index < -0.39 is 0 Å². The Kier molecular flexibility index (Phi) is 2.62. The van der Waals surface area contributed by atoms with Crippen LogP contribution < -0.4 is 0 Å². The summed E-state index contributed by atoms with van der Waals surface area (Å²) in [7, 11) is 0. The summed E-state index contributed by atoms with van der Waals surface area (Å²) < 4.78 is 7.54. The van der Waals surface area contributed by atoms with Gasteiger partial charge in [0.15, 0.2) is 0 Å². The maximum absolute atomic E-state index is 5.23. The third kappa shape index (κ3) is 1.56. The lowest BCUT2D eigenvalue weighted by atomic mass is 10.1. The van der Waals surface area contributed by atoms with E-state index >= 15 is 0 Å². The number of aromatic nitrogens is 2. The molecule has 2 heterocycles. The molecule has 0 aromatic carbocycles. The molecule has 2 aromatic heterocycles. The molecule has 2 rings (SSSR count). The summed E-state index contributed by atoms with van der Waals surface area (Å²) in [6.45, 7) is 10.4. The zero-order valence-electron chi connectivity index (χ0n) is 10.5. The first-order valence-corrected chi connectivity index (χ1v) is 5.59. The van der Waals surface area contributed by atoms with Crippen molar-refractivity contribution in [1.82, 2.24) is 9.72 Å². The average molecular weight is 218 g/mol. The van der Waals surface area contributed by atoms with Crippen molar-refractivity contribution in [3.63, 3.8) is 0 Å². The molecule has 1 unspecified atom stereocenters. The van der Waals surface area contributed by atoms with Crippen LogP contribution in [0.4, 0.5) is 0 Å². The Labute approximate surface area is 96.1 Å². The van der Waals surface area contributed by atoms with E-state index in [1.54, 1.807) is 0 Å². The van der Waals surface area contributed by atoms with Crippen LogP contribution in [0.5, 0.6) is 0 Å². The van der Waals surface area contributed by atoms with Crippen LogP contribution in [0.2, 0.25) is 0 Å². The highest BCUT2D eigenvalue weighted by atomic mass is 16.5. The van der Waals surface area contributed by atoms with E-state index in [-0.39, 0.29) is 6.04 Å². The first-order valence-electron chi connectivity index (χ1n) is 5.59. The van der Waals surface area contributed by atoms with Crippen molar-refractivity contribution in [2.24, 2.45) is 0 Å². The van der Waals surface area contributed by atoms with Gasteiger partial charge in [-0.2, -0.15) is 0 Å². The van der Waals surface area contributed by atoms with Gasteiger partial charge in [-0.25, -0.2) is 0 Å². The summed E-state index contributed by atoms with van der Waals surface area (Å²) >= 11 is 0. The van der Waals surface area contributed by atoms with Crippen LogP contribution in [0.1, 0.15) is 41.4 Å². The van der Waals surface area contributed by atoms with Crippen LogP contribution in [0.15, 0.2) is 16.7 Å². The van der Waals surface area contributed by atoms with Crippen molar-refractivity contribution in [3.05, 3.63) is 40.5 Å². The van der Waals surface area contributed by atoms with Gasteiger partial charge in [-0.3, -0.25) is 0 Å². The fourth-order valence-electron chi connectivity index (χ4n) is 2.51. The van der Waals surface area contributed by atoms with E-state index in [0.29, 0.717) is 0 Å². The molecule has 0 spiro atoms. The maximum Gasteiger partial charge on any atom is 0.139 e. The van der Waals surface area contributed by atoms with Crippen LogP contribution in [0, 0.1) is 27.7 Å². The molecule has 0 aliphatic heterocycles. The van der Waals surface area contributed by atoms with Gasteiger partial charge in [0.1, 0.15) is 5.76 Å². The molecule has 0 N–H and O–H groups in total. The lowest BCUT2D eigenvalue weighted by molar-refractivity contribution is 0.391. The summed E-state index contributed by atoms with van der Waals surface area (Å²) in [5.41, 5.74) is 4.72. The lowest BCUT2D eigenvalue weighted by Crippen LogP contribution is -2.11. The minimum absolute atomic E-state index is 0.279. The van der Waals surface area contributed by atoms with Crippen molar-refractivity contribution >= 4 is 0 Å². The van der Waals surface area contributed by atoms with Gasteiger partial charge in [0.05, 0.1) is 11.7 Å². The molecule has 3 nitrogen and oxygen atoms in total. The Morgan fingerprint density at radius 3 is 2.12 bits per heavy atom. The quantitative estimate of drug-likeness (QED) is 0.774. The van der Waals surface area contributed by atoms with Gasteiger partial charge in [0.25, 0.3) is 0 Å². The lowest BCUT2D eigenvalue weighted by Gasteiger charge is -2.18. The first-order chi connectivity index (χ1) is 7.52. The second kappa shape index (κ2) is 3.81. The van der Waals surface area contributed by atoms with Crippen LogP contribution in [0.3, 0.4) is 0 Å². The highest BCUT2D eigenvalue weighted by Gasteiger charge is 2.19. The largest absolute Gasteiger partial charge is 0.361 e. The van der Waals surface area contributed by atoms with Gasteiger partial charge < -0.3 is 9.09 Å². The van der Waals surface area contributed by atoms with Crippen LogP contribution >= 0.6 is 0 Å². The molecule has 0 saturated carbocycles. The average Bonchev–Trinajstić information content (AvgIpc) is 2.71. The number of rotatable bonds is 2. The Balaban J connectivity index is 2.51. The SMILES string of the molecule is Cc1noc(C)c1C(C)n1c(C)ccc1C. The molecule has 86 valence electrons. The maximum atomic E-state index is 5.23. The Morgan fingerprint density at radius 2 is 1.69 bits per heavy atom. The molecule has 0 fully saturated rings. The van der Waals surface area contributed by atoms with Crippen LogP contribution in [-0.4, -0.2) is 9.72 Å². The molecule has 0 aliphatic carbocycles. The Morgan fingerprint density at radius 1 is 1.12 bits per heavy atom. The van der Waals surface area contributed by atoms with E-state index in [0.717, 1.165) is 11.5 Å². The minimum atomic E-state index is 0.279. The molecular weight excluding hydrogens is 200 g/mol. The number of hydrogen-bond donors (Lipinski definition) is 0. The molecule has 1 atom stereocenters. The number of hydrogen-bond acceptors (Lipinski definition) is 2. The van der Waals surface area contributed by atoms with Gasteiger partial charge in [-0.15, -0.1) is 0 Å². The molecule has 16 heavy (non-hydrogen) atoms. The summed E-state index contributed by atoms with van der Waals surface area (Å²) in [6, 6.07) is 4.56. The normalized spacial score (nSPS) is 13.1. The second-order valence-corrected chi connectivity index (χ2v) is 4.40. The van der Waals surface area contributed by atoms with Gasteiger partial charge in [-0.1, -0.05) is 5.16 Å². The van der Waals surface area contributed by atoms with Gasteiger partial charge in [0.2, 0.25) is 0 Å². The molecule has 0 aliphatic rings. The molecule has 0 radical (unpaired) electrons. The number of nitrogens with zero attached hydrogens (tertiary/aromatic N) is 2. The van der Waals surface area contributed by atoms with E-state index in [2.05, 4.69) is 42.6 Å². The topological polar surface area (TPSA) is 31.0 Å². The zero-order chi connectivity index (χ0) is 11.9. The third-order valence-corrected chi connectivity index (χ3v) is 3.22. The van der Waals surface area contributed by atoms with E-state index in [1.165, 1.54) is 17.0 Å². The van der Waals surface area contributed by atoms with E-state index in [1.807, 2.05) is 13.8 Å². The molecule has 0 bridgehead atoms. The van der Waals surface area contributed by atoms with E-state index in [9.17, 15) is 0 Å². The zero-order valence-corrected chi connectivity index (χ0v) is 10.5. The van der Waals surface area contributed by atoms with Crippen LogP contribution in [0.25, 0.3) is 0 Å². The smallest absolute Gasteiger partial charge is 0.139 e. The van der Waals surface area contributed by atoms with Crippen molar-refractivity contribution in [1.29, 1.82) is 0 Å². The predicted octanol–water partition coefficient (Wildman–Crippen LogP) is 3.32. The highest BCUT2D eigenvalue weighted by molar-refractivity contribution is 5.28. The van der Waals surface area contributed by atoms with E-state index in [4.69, 9.17) is 4.52 Å². The molecule has 3 heteroatoms. The molecule has 2 aromatic rings. The summed E-state index contributed by atoms with van der Waals surface area (Å²) in [5, 5.41) is 4.02. The standard InChI is InChI=1S/C13H18N2O/c1-8-6-7-9(2)15(8)11(4)13-10(3)14-16-12(13)5/h6-7,11H,1-5H3. The van der Waals surface area contributed by atoms with Gasteiger partial charge >= 0.3 is 0 Å². The van der Waals surface area contributed by atoms with Gasteiger partial charge in [-0.05, 0) is 46.8 Å². The van der Waals surface area contributed by atoms with Crippen LogP contribution in [-0.2, 0) is 0 Å². The molecule has 0 saturated heterocycles. The van der Waals surface area contributed by atoms with Crippen molar-refractivity contribution in [2.45, 2.75) is 40.7 Å². The summed E-state index contributed by atoms with van der Waals surface area (Å²) in [4.78, 5) is 0. The fourth-order valence-corrected chi connectivity index (χ4v) is 2.51. The molecule has 0 amide bonds. The van der Waals surface area contributed by atoms with Crippen molar-refractivity contribution < 1.29 is 4.52 Å². The highest BCUT2D eigenvalue weighted by Crippen LogP contribution is 2.27. The minimum Gasteiger partial charge on any atom is -0.361 e. The Hall–Kier alpha value is -1.51. The van der Waals surface area contributed by atoms with Crippen molar-refractivity contribution in [2.75, 3.05) is 0 Å². The Bertz CT molecular complexity index is 423. The monoisotopic (exact) mass is 218 g/mol. The van der Waals surface area contributed by atoms with Crippen molar-refractivity contribution in [3.8, 4) is 0 Å². The summed E-state index contributed by atoms with van der Waals surface area (Å²) in [5.74, 6) is 0.914. The third-order valence-electron chi connectivity index (χ3n) is 3.22. The predicted molar refractivity (Wildman–Crippen MR) is 63.7 cm³/mol. The summed E-state index contributed by atoms with van der Waals surface area (Å²) in [6.07, 6.45) is 0.